The zero-order valence-electron chi connectivity index (χ0n) is 21.7. The summed E-state index contributed by atoms with van der Waals surface area (Å²) in [5, 5.41) is 7.00. The number of nitrogens with zero attached hydrogens (tertiary/aromatic N) is 2. The van der Waals surface area contributed by atoms with Crippen molar-refractivity contribution in [2.75, 3.05) is 41.3 Å². The molecule has 35 heavy (non-hydrogen) atoms. The van der Waals surface area contributed by atoms with Crippen molar-refractivity contribution in [3.63, 3.8) is 0 Å². The number of carbonyl (C=O) groups excluding carboxylic acids is 4. The SMILES string of the molecule is CCC=O.CN(C)CC(OCc1ccccc1)N(C)CCC=O.CO.O=CNOC1(C=O)CCC1. The normalized spacial score (nSPS) is 13.8. The molecule has 10 nitrogen and oxygen atoms in total. The van der Waals surface area contributed by atoms with Crippen molar-refractivity contribution in [2.24, 2.45) is 0 Å². The van der Waals surface area contributed by atoms with Crippen molar-refractivity contribution < 1.29 is 33.9 Å². The summed E-state index contributed by atoms with van der Waals surface area (Å²) in [7, 11) is 7.03. The second-order valence-electron chi connectivity index (χ2n) is 7.90. The summed E-state index contributed by atoms with van der Waals surface area (Å²) >= 11 is 0. The van der Waals surface area contributed by atoms with Crippen LogP contribution in [0.1, 0.15) is 44.6 Å². The molecular weight excluding hydrogens is 454 g/mol. The Labute approximate surface area is 209 Å². The lowest BCUT2D eigenvalue weighted by Gasteiger charge is -2.34. The summed E-state index contributed by atoms with van der Waals surface area (Å²) in [6.07, 6.45) is 6.55. The summed E-state index contributed by atoms with van der Waals surface area (Å²) in [5.74, 6) is 0. The quantitative estimate of drug-likeness (QED) is 0.224. The number of likely N-dealkylation sites (N-methyl/N-ethyl adjacent to an activating group) is 2. The number of hydrogen-bond donors (Lipinski definition) is 2. The number of amides is 1. The molecule has 1 fully saturated rings. The summed E-state index contributed by atoms with van der Waals surface area (Å²) in [6, 6.07) is 10.1. The van der Waals surface area contributed by atoms with Crippen molar-refractivity contribution in [2.45, 2.75) is 57.5 Å². The third-order valence-electron chi connectivity index (χ3n) is 4.79. The van der Waals surface area contributed by atoms with E-state index in [1.165, 1.54) is 0 Å². The maximum Gasteiger partial charge on any atom is 0.230 e. The van der Waals surface area contributed by atoms with E-state index in [2.05, 4.69) is 21.9 Å². The van der Waals surface area contributed by atoms with Gasteiger partial charge in [0.15, 0.2) is 11.9 Å². The van der Waals surface area contributed by atoms with Crippen LogP contribution in [0.4, 0.5) is 0 Å². The highest BCUT2D eigenvalue weighted by Crippen LogP contribution is 2.32. The van der Waals surface area contributed by atoms with Gasteiger partial charge in [-0.1, -0.05) is 37.3 Å². The summed E-state index contributed by atoms with van der Waals surface area (Å²) < 4.78 is 5.97. The van der Waals surface area contributed by atoms with Crippen LogP contribution in [-0.4, -0.2) is 93.3 Å². The molecule has 0 heterocycles. The number of aldehydes is 3. The number of hydroxylamine groups is 1. The Bertz CT molecular complexity index is 656. The molecule has 2 N–H and O–H groups in total. The first-order chi connectivity index (χ1) is 16.9. The van der Waals surface area contributed by atoms with Crippen LogP contribution in [0.25, 0.3) is 0 Å². The van der Waals surface area contributed by atoms with Crippen LogP contribution < -0.4 is 5.48 Å². The van der Waals surface area contributed by atoms with E-state index in [0.717, 1.165) is 51.0 Å². The van der Waals surface area contributed by atoms with Crippen LogP contribution in [0, 0.1) is 0 Å². The molecule has 1 amide bonds. The Hall–Kier alpha value is -2.50. The van der Waals surface area contributed by atoms with Crippen LogP contribution in [0.5, 0.6) is 0 Å². The van der Waals surface area contributed by atoms with Gasteiger partial charge >= 0.3 is 0 Å². The molecule has 0 bridgehead atoms. The van der Waals surface area contributed by atoms with Crippen molar-refractivity contribution in [1.29, 1.82) is 0 Å². The second kappa shape index (κ2) is 23.3. The molecule has 1 aliphatic carbocycles. The maximum absolute atomic E-state index is 10.5. The molecule has 0 spiro atoms. The van der Waals surface area contributed by atoms with Gasteiger partial charge < -0.3 is 29.1 Å². The van der Waals surface area contributed by atoms with Crippen molar-refractivity contribution in [3.8, 4) is 0 Å². The van der Waals surface area contributed by atoms with Crippen LogP contribution in [0.15, 0.2) is 30.3 Å². The Morgan fingerprint density at radius 3 is 2.06 bits per heavy atom. The average Bonchev–Trinajstić information content (AvgIpc) is 2.87. The lowest BCUT2D eigenvalue weighted by atomic mass is 9.82. The first-order valence-electron chi connectivity index (χ1n) is 11.5. The Morgan fingerprint density at radius 1 is 1.06 bits per heavy atom. The molecule has 1 aromatic carbocycles. The average molecular weight is 498 g/mol. The third kappa shape index (κ3) is 17.6. The minimum absolute atomic E-state index is 0.00449. The fourth-order valence-corrected chi connectivity index (χ4v) is 2.71. The Balaban J connectivity index is 0. The number of aliphatic hydroxyl groups excluding tert-OH is 1. The molecule has 1 saturated carbocycles. The van der Waals surface area contributed by atoms with Gasteiger partial charge in [0, 0.05) is 33.0 Å². The number of rotatable bonds is 14. The van der Waals surface area contributed by atoms with Crippen molar-refractivity contribution >= 4 is 25.3 Å². The third-order valence-corrected chi connectivity index (χ3v) is 4.79. The van der Waals surface area contributed by atoms with E-state index in [4.69, 9.17) is 14.7 Å². The van der Waals surface area contributed by atoms with E-state index in [0.29, 0.717) is 38.7 Å². The van der Waals surface area contributed by atoms with Crippen molar-refractivity contribution in [3.05, 3.63) is 35.9 Å². The molecule has 200 valence electrons. The largest absolute Gasteiger partial charge is 0.400 e. The number of nitrogens with one attached hydrogen (secondary N) is 1. The number of aliphatic hydroxyl groups is 1. The summed E-state index contributed by atoms with van der Waals surface area (Å²) in [4.78, 5) is 48.7. The Kier molecular flexibility index (Phi) is 23.0. The zero-order valence-corrected chi connectivity index (χ0v) is 21.7. The van der Waals surface area contributed by atoms with Crippen LogP contribution in [0.3, 0.4) is 0 Å². The number of carbonyl (C=O) groups is 4. The number of ether oxygens (including phenoxy) is 1. The van der Waals surface area contributed by atoms with Gasteiger partial charge in [-0.3, -0.25) is 14.5 Å². The molecule has 0 aliphatic heterocycles. The predicted molar refractivity (Wildman–Crippen MR) is 134 cm³/mol. The monoisotopic (exact) mass is 497 g/mol. The topological polar surface area (TPSA) is 125 Å². The lowest BCUT2D eigenvalue weighted by Crippen LogP contribution is -2.45. The first-order valence-corrected chi connectivity index (χ1v) is 11.5. The first kappa shape index (κ1) is 34.7. The molecule has 1 atom stereocenters. The van der Waals surface area contributed by atoms with Crippen LogP contribution in [-0.2, 0) is 35.4 Å². The van der Waals surface area contributed by atoms with E-state index in [1.807, 2.05) is 51.7 Å². The molecule has 1 aliphatic rings. The van der Waals surface area contributed by atoms with E-state index < -0.39 is 5.60 Å². The highest BCUT2D eigenvalue weighted by Gasteiger charge is 2.38. The van der Waals surface area contributed by atoms with E-state index in [1.54, 1.807) is 0 Å². The van der Waals surface area contributed by atoms with Crippen LogP contribution in [0.2, 0.25) is 0 Å². The van der Waals surface area contributed by atoms with Crippen molar-refractivity contribution in [1.82, 2.24) is 15.3 Å². The highest BCUT2D eigenvalue weighted by molar-refractivity contribution is 5.64. The molecule has 0 aromatic heterocycles. The van der Waals surface area contributed by atoms with Gasteiger partial charge in [0.2, 0.25) is 6.41 Å². The van der Waals surface area contributed by atoms with Crippen LogP contribution >= 0.6 is 0 Å². The van der Waals surface area contributed by atoms with E-state index in [9.17, 15) is 19.2 Å². The van der Waals surface area contributed by atoms with E-state index in [-0.39, 0.29) is 6.23 Å². The van der Waals surface area contributed by atoms with Gasteiger partial charge in [-0.05, 0) is 46.0 Å². The molecule has 10 heteroatoms. The minimum Gasteiger partial charge on any atom is -0.400 e. The van der Waals surface area contributed by atoms with Gasteiger partial charge in [0.05, 0.1) is 6.61 Å². The van der Waals surface area contributed by atoms with Gasteiger partial charge in [-0.25, -0.2) is 5.48 Å². The summed E-state index contributed by atoms with van der Waals surface area (Å²) in [5.41, 5.74) is 2.48. The molecule has 2 rings (SSSR count). The number of hydrogen-bond acceptors (Lipinski definition) is 9. The molecule has 0 saturated heterocycles. The molecule has 1 unspecified atom stereocenters. The molecule has 1 aromatic rings. The fourth-order valence-electron chi connectivity index (χ4n) is 2.71. The smallest absolute Gasteiger partial charge is 0.230 e. The standard InChI is InChI=1S/C15H24N2O2.C6H9NO3.C3H6O.CH4O/c1-16(2)12-15(17(3)10-7-11-18)19-13-14-8-5-4-6-9-14;8-4-6(2-1-3-6)10-7-5-9;1-2-3-4;1-2/h4-6,8-9,11,15H,7,10,12-13H2,1-3H3;4-5H,1-3H2,(H,7,9);3H,2H2,1H3;2H,1H3. The van der Waals surface area contributed by atoms with Gasteiger partial charge in [0.25, 0.3) is 0 Å². The van der Waals surface area contributed by atoms with Gasteiger partial charge in [-0.2, -0.15) is 0 Å². The lowest BCUT2D eigenvalue weighted by molar-refractivity contribution is -0.165. The minimum atomic E-state index is -0.707. The van der Waals surface area contributed by atoms with Gasteiger partial charge in [0.1, 0.15) is 18.8 Å². The predicted octanol–water partition coefficient (Wildman–Crippen LogP) is 1.60. The molecular formula is C25H43N3O7. The number of benzene rings is 1. The van der Waals surface area contributed by atoms with Gasteiger partial charge in [-0.15, -0.1) is 0 Å². The second-order valence-corrected chi connectivity index (χ2v) is 7.90. The fraction of sp³-hybridized carbons (Fsp3) is 0.600. The Morgan fingerprint density at radius 2 is 1.66 bits per heavy atom. The summed E-state index contributed by atoms with van der Waals surface area (Å²) in [6.45, 7) is 3.93. The van der Waals surface area contributed by atoms with E-state index >= 15 is 0 Å². The zero-order chi connectivity index (χ0) is 27.0. The highest BCUT2D eigenvalue weighted by atomic mass is 16.7. The molecule has 0 radical (unpaired) electrons. The maximum atomic E-state index is 10.5.